The van der Waals surface area contributed by atoms with Crippen LogP contribution in [0.1, 0.15) is 22.8 Å². The molecule has 0 aliphatic rings. The van der Waals surface area contributed by atoms with Crippen molar-refractivity contribution in [3.63, 3.8) is 0 Å². The third-order valence-corrected chi connectivity index (χ3v) is 2.51. The van der Waals surface area contributed by atoms with Crippen LogP contribution in [-0.2, 0) is 0 Å². The monoisotopic (exact) mass is 200 g/mol. The number of phenols is 1. The van der Waals surface area contributed by atoms with Gasteiger partial charge in [-0.15, -0.1) is 0 Å². The first kappa shape index (κ1) is 9.71. The van der Waals surface area contributed by atoms with E-state index in [2.05, 4.69) is 0 Å². The molecule has 2 aromatic rings. The average molecular weight is 200 g/mol. The first-order valence-electron chi connectivity index (χ1n) is 4.83. The minimum atomic E-state index is -0.109. The summed E-state index contributed by atoms with van der Waals surface area (Å²) in [5.74, 6) is -0.0548. The van der Waals surface area contributed by atoms with Crippen molar-refractivity contribution in [1.82, 2.24) is 0 Å². The van der Waals surface area contributed by atoms with Crippen molar-refractivity contribution in [2.24, 2.45) is 0 Å². The maximum Gasteiger partial charge on any atom is 0.164 e. The van der Waals surface area contributed by atoms with Crippen LogP contribution < -0.4 is 0 Å². The number of aryl methyl sites for hydroxylation is 1. The Morgan fingerprint density at radius 3 is 2.60 bits per heavy atom. The molecule has 0 aliphatic carbocycles. The quantitative estimate of drug-likeness (QED) is 0.718. The lowest BCUT2D eigenvalue weighted by Crippen LogP contribution is -1.94. The molecule has 0 bridgehead atoms. The van der Waals surface area contributed by atoms with E-state index >= 15 is 0 Å². The summed E-state index contributed by atoms with van der Waals surface area (Å²) in [5.41, 5.74) is 1.55. The minimum Gasteiger partial charge on any atom is -0.507 e. The number of rotatable bonds is 1. The fourth-order valence-corrected chi connectivity index (χ4v) is 1.81. The predicted octanol–water partition coefficient (Wildman–Crippen LogP) is 3.06. The molecule has 0 aliphatic heterocycles. The number of carbonyl (C=O) groups is 1. The number of aromatic hydroxyl groups is 1. The van der Waals surface area contributed by atoms with E-state index in [0.717, 1.165) is 16.3 Å². The van der Waals surface area contributed by atoms with Crippen LogP contribution in [0.3, 0.4) is 0 Å². The van der Waals surface area contributed by atoms with E-state index in [-0.39, 0.29) is 11.5 Å². The van der Waals surface area contributed by atoms with Crippen LogP contribution >= 0.6 is 0 Å². The summed E-state index contributed by atoms with van der Waals surface area (Å²) in [4.78, 5) is 11.4. The van der Waals surface area contributed by atoms with Crippen molar-refractivity contribution in [1.29, 1.82) is 0 Å². The lowest BCUT2D eigenvalue weighted by Gasteiger charge is -2.06. The van der Waals surface area contributed by atoms with Crippen molar-refractivity contribution < 1.29 is 9.90 Å². The predicted molar refractivity (Wildman–Crippen MR) is 60.4 cm³/mol. The highest BCUT2D eigenvalue weighted by Crippen LogP contribution is 2.28. The highest BCUT2D eigenvalue weighted by Gasteiger charge is 2.10. The summed E-state index contributed by atoms with van der Waals surface area (Å²) in [6, 6.07) is 9.21. The Hall–Kier alpha value is -1.83. The van der Waals surface area contributed by atoms with Gasteiger partial charge in [-0.2, -0.15) is 0 Å². The second-order valence-electron chi connectivity index (χ2n) is 3.74. The molecule has 0 heterocycles. The summed E-state index contributed by atoms with van der Waals surface area (Å²) in [5, 5.41) is 11.4. The van der Waals surface area contributed by atoms with Crippen LogP contribution in [0.5, 0.6) is 5.75 Å². The van der Waals surface area contributed by atoms with Crippen molar-refractivity contribution in [3.8, 4) is 5.75 Å². The molecule has 0 aromatic heterocycles. The van der Waals surface area contributed by atoms with Gasteiger partial charge >= 0.3 is 0 Å². The fraction of sp³-hybridized carbons (Fsp3) is 0.154. The lowest BCUT2D eigenvalue weighted by atomic mass is 9.99. The SMILES string of the molecule is CC(=O)c1c(O)ccc2cc(C)ccc12. The summed E-state index contributed by atoms with van der Waals surface area (Å²) in [6.07, 6.45) is 0. The second-order valence-corrected chi connectivity index (χ2v) is 3.74. The maximum absolute atomic E-state index is 11.4. The van der Waals surface area contributed by atoms with Crippen LogP contribution in [0.4, 0.5) is 0 Å². The Morgan fingerprint density at radius 1 is 1.20 bits per heavy atom. The number of ketones is 1. The van der Waals surface area contributed by atoms with Gasteiger partial charge in [0.2, 0.25) is 0 Å². The van der Waals surface area contributed by atoms with Gasteiger partial charge in [-0.25, -0.2) is 0 Å². The summed E-state index contributed by atoms with van der Waals surface area (Å²) in [7, 11) is 0. The number of fused-ring (bicyclic) bond motifs is 1. The van der Waals surface area contributed by atoms with Gasteiger partial charge in [0.1, 0.15) is 5.75 Å². The Kier molecular flexibility index (Phi) is 2.19. The van der Waals surface area contributed by atoms with Gasteiger partial charge in [-0.05, 0) is 30.7 Å². The number of carbonyl (C=O) groups excluding carboxylic acids is 1. The van der Waals surface area contributed by atoms with Gasteiger partial charge in [-0.3, -0.25) is 4.79 Å². The van der Waals surface area contributed by atoms with Crippen molar-refractivity contribution >= 4 is 16.6 Å². The molecular weight excluding hydrogens is 188 g/mol. The largest absolute Gasteiger partial charge is 0.507 e. The Bertz CT molecular complexity index is 541. The van der Waals surface area contributed by atoms with Crippen molar-refractivity contribution in [2.75, 3.05) is 0 Å². The molecule has 0 unspecified atom stereocenters. The summed E-state index contributed by atoms with van der Waals surface area (Å²) in [6.45, 7) is 3.47. The molecule has 1 N–H and O–H groups in total. The third-order valence-electron chi connectivity index (χ3n) is 2.51. The van der Waals surface area contributed by atoms with E-state index in [4.69, 9.17) is 0 Å². The van der Waals surface area contributed by atoms with E-state index in [0.29, 0.717) is 5.56 Å². The van der Waals surface area contributed by atoms with E-state index in [1.165, 1.54) is 6.92 Å². The molecule has 0 fully saturated rings. The van der Waals surface area contributed by atoms with Crippen molar-refractivity contribution in [2.45, 2.75) is 13.8 Å². The first-order valence-corrected chi connectivity index (χ1v) is 4.83. The Balaban J connectivity index is 2.88. The van der Waals surface area contributed by atoms with Crippen molar-refractivity contribution in [3.05, 3.63) is 41.5 Å². The molecule has 0 atom stereocenters. The summed E-state index contributed by atoms with van der Waals surface area (Å²) >= 11 is 0. The standard InChI is InChI=1S/C13H12O2/c1-8-3-5-11-10(7-8)4-6-12(15)13(11)9(2)14/h3-7,15H,1-2H3. The van der Waals surface area contributed by atoms with Crippen LogP contribution in [0.2, 0.25) is 0 Å². The average Bonchev–Trinajstić information content (AvgIpc) is 2.17. The molecule has 0 amide bonds. The molecular formula is C13H12O2. The van der Waals surface area contributed by atoms with Crippen LogP contribution in [0.25, 0.3) is 10.8 Å². The molecule has 2 rings (SSSR count). The van der Waals surface area contributed by atoms with Crippen LogP contribution in [0.15, 0.2) is 30.3 Å². The summed E-state index contributed by atoms with van der Waals surface area (Å²) < 4.78 is 0. The molecule has 2 aromatic carbocycles. The number of hydrogen-bond acceptors (Lipinski definition) is 2. The highest BCUT2D eigenvalue weighted by atomic mass is 16.3. The Labute approximate surface area is 88.2 Å². The van der Waals surface area contributed by atoms with E-state index < -0.39 is 0 Å². The molecule has 0 radical (unpaired) electrons. The molecule has 76 valence electrons. The normalized spacial score (nSPS) is 10.5. The Morgan fingerprint density at radius 2 is 1.93 bits per heavy atom. The lowest BCUT2D eigenvalue weighted by molar-refractivity contribution is 0.101. The van der Waals surface area contributed by atoms with Gasteiger partial charge in [0, 0.05) is 0 Å². The number of hydrogen-bond donors (Lipinski definition) is 1. The topological polar surface area (TPSA) is 37.3 Å². The third kappa shape index (κ3) is 1.59. The minimum absolute atomic E-state index is 0.0545. The van der Waals surface area contributed by atoms with E-state index in [9.17, 15) is 9.90 Å². The highest BCUT2D eigenvalue weighted by molar-refractivity contribution is 6.09. The number of phenolic OH excluding ortho intramolecular Hbond substituents is 1. The maximum atomic E-state index is 11.4. The van der Waals surface area contributed by atoms with Crippen LogP contribution in [-0.4, -0.2) is 10.9 Å². The zero-order valence-corrected chi connectivity index (χ0v) is 8.74. The zero-order valence-electron chi connectivity index (χ0n) is 8.74. The van der Waals surface area contributed by atoms with Gasteiger partial charge in [0.15, 0.2) is 5.78 Å². The van der Waals surface area contributed by atoms with Crippen LogP contribution in [0, 0.1) is 6.92 Å². The van der Waals surface area contributed by atoms with Gasteiger partial charge in [0.05, 0.1) is 5.56 Å². The molecule has 2 heteroatoms. The molecule has 2 nitrogen and oxygen atoms in total. The zero-order chi connectivity index (χ0) is 11.0. The smallest absolute Gasteiger partial charge is 0.164 e. The van der Waals surface area contributed by atoms with E-state index in [1.54, 1.807) is 6.07 Å². The van der Waals surface area contributed by atoms with Gasteiger partial charge in [0.25, 0.3) is 0 Å². The number of Topliss-reactive ketones (excluding diaryl/α,β-unsaturated/α-hetero) is 1. The van der Waals surface area contributed by atoms with E-state index in [1.807, 2.05) is 31.2 Å². The molecule has 0 saturated heterocycles. The van der Waals surface area contributed by atoms with Gasteiger partial charge < -0.3 is 5.11 Å². The molecule has 0 spiro atoms. The second kappa shape index (κ2) is 3.39. The fourth-order valence-electron chi connectivity index (χ4n) is 1.81. The number of benzene rings is 2. The molecule has 0 saturated carbocycles. The van der Waals surface area contributed by atoms with Gasteiger partial charge in [-0.1, -0.05) is 29.8 Å². The molecule has 15 heavy (non-hydrogen) atoms. The first-order chi connectivity index (χ1) is 7.09.